The lowest BCUT2D eigenvalue weighted by molar-refractivity contribution is 0.0750. The second kappa shape index (κ2) is 6.57. The second-order valence-corrected chi connectivity index (χ2v) is 6.43. The van der Waals surface area contributed by atoms with Gasteiger partial charge < -0.3 is 14.5 Å². The first-order valence-corrected chi connectivity index (χ1v) is 8.41. The zero-order valence-corrected chi connectivity index (χ0v) is 14.2. The predicted molar refractivity (Wildman–Crippen MR) is 90.1 cm³/mol. The van der Waals surface area contributed by atoms with E-state index in [1.165, 1.54) is 12.1 Å². The topological polar surface area (TPSA) is 58.6 Å². The summed E-state index contributed by atoms with van der Waals surface area (Å²) in [6.45, 7) is 3.65. The van der Waals surface area contributed by atoms with Crippen LogP contribution >= 0.6 is 11.6 Å². The van der Waals surface area contributed by atoms with Crippen LogP contribution in [-0.4, -0.2) is 47.1 Å². The number of anilines is 1. The molecule has 0 saturated carbocycles. The standard InChI is InChI=1S/C17H16ClFN4O2/c18-14-7-12(19)1-2-13(14)16(24)23-9-11-8-20-17(21-15(11)10-23)22-3-5-25-6-4-22/h1-2,7-8H,3-6,9-10H2. The van der Waals surface area contributed by atoms with Crippen molar-refractivity contribution < 1.29 is 13.9 Å². The third kappa shape index (κ3) is 3.17. The van der Waals surface area contributed by atoms with Gasteiger partial charge in [-0.05, 0) is 18.2 Å². The molecule has 1 fully saturated rings. The van der Waals surface area contributed by atoms with Gasteiger partial charge in [-0.3, -0.25) is 4.79 Å². The maximum absolute atomic E-state index is 13.2. The Morgan fingerprint density at radius 2 is 2.04 bits per heavy atom. The molecule has 0 aliphatic carbocycles. The minimum atomic E-state index is -0.465. The summed E-state index contributed by atoms with van der Waals surface area (Å²) in [5.74, 6) is -0.0423. The molecule has 2 aromatic rings. The van der Waals surface area contributed by atoms with Gasteiger partial charge in [-0.2, -0.15) is 0 Å². The molecule has 0 spiro atoms. The molecule has 1 saturated heterocycles. The number of carbonyl (C=O) groups is 1. The molecule has 8 heteroatoms. The van der Waals surface area contributed by atoms with Crippen molar-refractivity contribution in [1.82, 2.24) is 14.9 Å². The number of halogens is 2. The Labute approximate surface area is 149 Å². The Morgan fingerprint density at radius 1 is 1.24 bits per heavy atom. The van der Waals surface area contributed by atoms with Crippen molar-refractivity contribution in [3.63, 3.8) is 0 Å². The van der Waals surface area contributed by atoms with Gasteiger partial charge >= 0.3 is 0 Å². The number of hydrogen-bond acceptors (Lipinski definition) is 5. The SMILES string of the molecule is O=C(c1ccc(F)cc1Cl)N1Cc2cnc(N3CCOCC3)nc2C1. The number of nitrogens with zero attached hydrogens (tertiary/aromatic N) is 4. The van der Waals surface area contributed by atoms with Crippen molar-refractivity contribution >= 4 is 23.5 Å². The van der Waals surface area contributed by atoms with Crippen molar-refractivity contribution in [1.29, 1.82) is 0 Å². The Hall–Kier alpha value is -2.25. The highest BCUT2D eigenvalue weighted by Gasteiger charge is 2.28. The van der Waals surface area contributed by atoms with Gasteiger partial charge in [0.25, 0.3) is 5.91 Å². The van der Waals surface area contributed by atoms with E-state index in [1.807, 2.05) is 0 Å². The second-order valence-electron chi connectivity index (χ2n) is 6.03. The lowest BCUT2D eigenvalue weighted by atomic mass is 10.2. The largest absolute Gasteiger partial charge is 0.378 e. The molecule has 1 aromatic heterocycles. The molecule has 0 unspecified atom stereocenters. The first-order chi connectivity index (χ1) is 12.1. The highest BCUT2D eigenvalue weighted by atomic mass is 35.5. The van der Waals surface area contributed by atoms with Gasteiger partial charge in [0.15, 0.2) is 0 Å². The molecule has 0 bridgehead atoms. The minimum absolute atomic E-state index is 0.112. The molecule has 3 heterocycles. The van der Waals surface area contributed by atoms with E-state index in [-0.39, 0.29) is 16.5 Å². The first-order valence-electron chi connectivity index (χ1n) is 8.03. The average Bonchev–Trinajstić information content (AvgIpc) is 3.05. The summed E-state index contributed by atoms with van der Waals surface area (Å²) in [4.78, 5) is 25.4. The van der Waals surface area contributed by atoms with E-state index >= 15 is 0 Å². The van der Waals surface area contributed by atoms with Crippen LogP contribution in [0.1, 0.15) is 21.6 Å². The van der Waals surface area contributed by atoms with E-state index in [2.05, 4.69) is 14.9 Å². The molecule has 0 atom stereocenters. The molecule has 6 nitrogen and oxygen atoms in total. The fourth-order valence-corrected chi connectivity index (χ4v) is 3.28. The van der Waals surface area contributed by atoms with Crippen molar-refractivity contribution in [3.8, 4) is 0 Å². The number of morpholine rings is 1. The predicted octanol–water partition coefficient (Wildman–Crippen LogP) is 2.26. The zero-order valence-electron chi connectivity index (χ0n) is 13.4. The van der Waals surface area contributed by atoms with Crippen LogP contribution in [0.3, 0.4) is 0 Å². The summed E-state index contributed by atoms with van der Waals surface area (Å²) >= 11 is 6.01. The monoisotopic (exact) mass is 362 g/mol. The molecular formula is C17H16ClFN4O2. The fourth-order valence-electron chi connectivity index (χ4n) is 3.04. The van der Waals surface area contributed by atoms with Gasteiger partial charge in [-0.25, -0.2) is 14.4 Å². The van der Waals surface area contributed by atoms with Crippen LogP contribution in [0, 0.1) is 5.82 Å². The summed E-state index contributed by atoms with van der Waals surface area (Å²) in [6, 6.07) is 3.79. The van der Waals surface area contributed by atoms with E-state index in [1.54, 1.807) is 11.1 Å². The van der Waals surface area contributed by atoms with E-state index < -0.39 is 5.82 Å². The summed E-state index contributed by atoms with van der Waals surface area (Å²) in [6.07, 6.45) is 1.77. The number of fused-ring (bicyclic) bond motifs is 1. The summed E-state index contributed by atoms with van der Waals surface area (Å²) in [5.41, 5.74) is 2.05. The van der Waals surface area contributed by atoms with Gasteiger partial charge in [0.1, 0.15) is 5.82 Å². The Morgan fingerprint density at radius 3 is 2.80 bits per heavy atom. The molecule has 2 aliphatic rings. The maximum Gasteiger partial charge on any atom is 0.256 e. The van der Waals surface area contributed by atoms with E-state index in [9.17, 15) is 9.18 Å². The molecule has 1 amide bonds. The summed E-state index contributed by atoms with van der Waals surface area (Å²) in [5, 5.41) is 0.112. The molecule has 0 N–H and O–H groups in total. The maximum atomic E-state index is 13.2. The van der Waals surface area contributed by atoms with Crippen LogP contribution in [0.15, 0.2) is 24.4 Å². The smallest absolute Gasteiger partial charge is 0.256 e. The number of amides is 1. The number of rotatable bonds is 2. The molecule has 130 valence electrons. The Kier molecular flexibility index (Phi) is 4.27. The van der Waals surface area contributed by atoms with Crippen LogP contribution < -0.4 is 4.90 Å². The van der Waals surface area contributed by atoms with Crippen LogP contribution in [-0.2, 0) is 17.8 Å². The summed E-state index contributed by atoms with van der Waals surface area (Å²) in [7, 11) is 0. The lowest BCUT2D eigenvalue weighted by Crippen LogP contribution is -2.37. The van der Waals surface area contributed by atoms with E-state index in [0.29, 0.717) is 32.3 Å². The third-order valence-corrected chi connectivity index (χ3v) is 4.70. The Balaban J connectivity index is 1.53. The van der Waals surface area contributed by atoms with Gasteiger partial charge in [-0.15, -0.1) is 0 Å². The quantitative estimate of drug-likeness (QED) is 0.820. The van der Waals surface area contributed by atoms with E-state index in [4.69, 9.17) is 16.3 Å². The molecule has 4 rings (SSSR count). The zero-order chi connectivity index (χ0) is 17.4. The number of aromatic nitrogens is 2. The van der Waals surface area contributed by atoms with Gasteiger partial charge in [0, 0.05) is 31.4 Å². The lowest BCUT2D eigenvalue weighted by Gasteiger charge is -2.26. The highest BCUT2D eigenvalue weighted by Crippen LogP contribution is 2.26. The summed E-state index contributed by atoms with van der Waals surface area (Å²) < 4.78 is 18.5. The van der Waals surface area contributed by atoms with Crippen LogP contribution in [0.25, 0.3) is 0 Å². The highest BCUT2D eigenvalue weighted by molar-refractivity contribution is 6.33. The van der Waals surface area contributed by atoms with Crippen LogP contribution in [0.4, 0.5) is 10.3 Å². The Bertz CT molecular complexity index is 826. The van der Waals surface area contributed by atoms with Gasteiger partial charge in [-0.1, -0.05) is 11.6 Å². The number of hydrogen-bond donors (Lipinski definition) is 0. The molecule has 2 aliphatic heterocycles. The van der Waals surface area contributed by atoms with E-state index in [0.717, 1.165) is 30.4 Å². The normalized spacial score (nSPS) is 16.9. The number of ether oxygens (including phenoxy) is 1. The third-order valence-electron chi connectivity index (χ3n) is 4.39. The minimum Gasteiger partial charge on any atom is -0.378 e. The molecule has 25 heavy (non-hydrogen) atoms. The molecule has 0 radical (unpaired) electrons. The van der Waals surface area contributed by atoms with Crippen LogP contribution in [0.5, 0.6) is 0 Å². The van der Waals surface area contributed by atoms with Crippen molar-refractivity contribution in [2.24, 2.45) is 0 Å². The van der Waals surface area contributed by atoms with Crippen molar-refractivity contribution in [3.05, 3.63) is 52.1 Å². The molecular weight excluding hydrogens is 347 g/mol. The number of carbonyl (C=O) groups excluding carboxylic acids is 1. The number of benzene rings is 1. The van der Waals surface area contributed by atoms with Gasteiger partial charge in [0.2, 0.25) is 5.95 Å². The molecule has 1 aromatic carbocycles. The average molecular weight is 363 g/mol. The fraction of sp³-hybridized carbons (Fsp3) is 0.353. The van der Waals surface area contributed by atoms with Crippen LogP contribution in [0.2, 0.25) is 5.02 Å². The van der Waals surface area contributed by atoms with Crippen molar-refractivity contribution in [2.45, 2.75) is 13.1 Å². The van der Waals surface area contributed by atoms with Crippen molar-refractivity contribution in [2.75, 3.05) is 31.2 Å². The first kappa shape index (κ1) is 16.2. The van der Waals surface area contributed by atoms with Gasteiger partial charge in [0.05, 0.1) is 36.0 Å².